The molecular formula is C18H16N4O3. The van der Waals surface area contributed by atoms with Gasteiger partial charge in [-0.1, -0.05) is 30.3 Å². The van der Waals surface area contributed by atoms with Crippen LogP contribution in [0.25, 0.3) is 0 Å². The quantitative estimate of drug-likeness (QED) is 0.613. The van der Waals surface area contributed by atoms with Crippen LogP contribution in [0.1, 0.15) is 18.4 Å². The van der Waals surface area contributed by atoms with Crippen LogP contribution >= 0.6 is 0 Å². The Morgan fingerprint density at radius 3 is 2.40 bits per heavy atom. The zero-order valence-corrected chi connectivity index (χ0v) is 13.7. The third kappa shape index (κ3) is 2.41. The molecule has 4 atom stereocenters. The van der Waals surface area contributed by atoms with Crippen molar-refractivity contribution >= 4 is 11.9 Å². The van der Waals surface area contributed by atoms with E-state index >= 15 is 0 Å². The van der Waals surface area contributed by atoms with E-state index in [2.05, 4.69) is 10.6 Å². The van der Waals surface area contributed by atoms with Gasteiger partial charge in [0.15, 0.2) is 0 Å². The fraction of sp³-hybridized carbons (Fsp3) is 0.333. The summed E-state index contributed by atoms with van der Waals surface area (Å²) >= 11 is 0. The number of rotatable bonds is 2. The molecule has 3 aliphatic heterocycles. The first-order valence-electron chi connectivity index (χ1n) is 7.74. The summed E-state index contributed by atoms with van der Waals surface area (Å²) in [5, 5.41) is 24.3. The number of hydrogen-bond acceptors (Lipinski definition) is 6. The number of benzene rings is 1. The maximum absolute atomic E-state index is 12.7. The number of allylic oxidation sites excluding steroid dienone is 1. The average Bonchev–Trinajstić information content (AvgIpc) is 2.61. The van der Waals surface area contributed by atoms with Crippen molar-refractivity contribution in [1.82, 2.24) is 10.6 Å². The summed E-state index contributed by atoms with van der Waals surface area (Å²) in [6.07, 6.45) is 0. The van der Waals surface area contributed by atoms with Crippen molar-refractivity contribution in [3.8, 4) is 12.1 Å². The smallest absolute Gasteiger partial charge is 0.313 e. The van der Waals surface area contributed by atoms with Crippen LogP contribution in [0.3, 0.4) is 0 Å². The summed E-state index contributed by atoms with van der Waals surface area (Å²) in [7, 11) is 1.30. The van der Waals surface area contributed by atoms with Crippen molar-refractivity contribution in [2.75, 3.05) is 7.11 Å². The molecule has 0 radical (unpaired) electrons. The molecule has 0 aromatic heterocycles. The second-order valence-corrected chi connectivity index (χ2v) is 6.24. The number of piperidine rings is 2. The van der Waals surface area contributed by atoms with E-state index in [9.17, 15) is 20.1 Å². The number of esters is 1. The highest BCUT2D eigenvalue weighted by molar-refractivity contribution is 5.91. The van der Waals surface area contributed by atoms with Crippen molar-refractivity contribution in [3.05, 3.63) is 47.2 Å². The molecule has 7 heteroatoms. The lowest BCUT2D eigenvalue weighted by atomic mass is 9.63. The van der Waals surface area contributed by atoms with E-state index in [0.717, 1.165) is 5.56 Å². The van der Waals surface area contributed by atoms with Gasteiger partial charge in [0.25, 0.3) is 0 Å². The predicted molar refractivity (Wildman–Crippen MR) is 86.1 cm³/mol. The van der Waals surface area contributed by atoms with Crippen LogP contribution in [0.5, 0.6) is 0 Å². The Balaban J connectivity index is 2.26. The molecule has 2 bridgehead atoms. The minimum Gasteiger partial charge on any atom is -0.469 e. The summed E-state index contributed by atoms with van der Waals surface area (Å²) in [5.74, 6) is -2.88. The number of fused-ring (bicyclic) bond motifs is 3. The van der Waals surface area contributed by atoms with Crippen LogP contribution < -0.4 is 10.6 Å². The second kappa shape index (κ2) is 5.95. The highest BCUT2D eigenvalue weighted by Crippen LogP contribution is 2.49. The lowest BCUT2D eigenvalue weighted by Gasteiger charge is -2.55. The molecule has 1 amide bonds. The molecule has 3 fully saturated rings. The van der Waals surface area contributed by atoms with Gasteiger partial charge >= 0.3 is 5.97 Å². The minimum absolute atomic E-state index is 0.157. The van der Waals surface area contributed by atoms with Crippen molar-refractivity contribution in [2.45, 2.75) is 18.5 Å². The molecule has 0 spiro atoms. The first-order valence-corrected chi connectivity index (χ1v) is 7.74. The SMILES string of the molecule is COC(=O)[C@@H]1[C@@H](c2ccccc2)[C@H]2C(=O)N[C@@]1(C)NC2=C(C#N)C#N. The molecule has 1 aromatic carbocycles. The molecule has 4 rings (SSSR count). The van der Waals surface area contributed by atoms with E-state index in [1.807, 2.05) is 42.5 Å². The standard InChI is InChI=1S/C18H16N4O3/c1-18-14(17(24)25-2)12(10-6-4-3-5-7-10)13(16(23)22-18)15(21-18)11(8-19)9-20/h3-7,12-14,21H,1-2H3,(H,22,23)/t12-,13+,14-,18+/m0/s1. The van der Waals surface area contributed by atoms with E-state index in [4.69, 9.17) is 4.74 Å². The molecular weight excluding hydrogens is 320 g/mol. The zero-order valence-electron chi connectivity index (χ0n) is 13.7. The van der Waals surface area contributed by atoms with E-state index in [1.54, 1.807) is 6.92 Å². The van der Waals surface area contributed by atoms with Gasteiger partial charge in [0.2, 0.25) is 5.91 Å². The summed E-state index contributed by atoms with van der Waals surface area (Å²) in [6, 6.07) is 12.8. The summed E-state index contributed by atoms with van der Waals surface area (Å²) in [5.41, 5.74) is -0.285. The summed E-state index contributed by atoms with van der Waals surface area (Å²) < 4.78 is 4.97. The fourth-order valence-corrected chi connectivity index (χ4v) is 3.84. The lowest BCUT2D eigenvalue weighted by Crippen LogP contribution is -2.75. The van der Waals surface area contributed by atoms with Crippen molar-refractivity contribution < 1.29 is 14.3 Å². The Labute approximate surface area is 144 Å². The lowest BCUT2D eigenvalue weighted by molar-refractivity contribution is -0.158. The number of nitrogens with zero attached hydrogens (tertiary/aromatic N) is 2. The highest BCUT2D eigenvalue weighted by Gasteiger charge is 2.61. The van der Waals surface area contributed by atoms with Crippen LogP contribution in [0.2, 0.25) is 0 Å². The Kier molecular flexibility index (Phi) is 3.94. The molecule has 0 aliphatic carbocycles. The van der Waals surface area contributed by atoms with Gasteiger partial charge in [-0.3, -0.25) is 9.59 Å². The maximum atomic E-state index is 12.7. The van der Waals surface area contributed by atoms with E-state index in [0.29, 0.717) is 0 Å². The zero-order chi connectivity index (χ0) is 18.2. The van der Waals surface area contributed by atoms with Gasteiger partial charge in [0.05, 0.1) is 18.7 Å². The Bertz CT molecular complexity index is 833. The minimum atomic E-state index is -1.16. The number of carbonyl (C=O) groups excluding carboxylic acids is 2. The van der Waals surface area contributed by atoms with Crippen molar-refractivity contribution in [2.24, 2.45) is 11.8 Å². The molecule has 2 N–H and O–H groups in total. The highest BCUT2D eigenvalue weighted by atomic mass is 16.5. The Morgan fingerprint density at radius 1 is 1.20 bits per heavy atom. The predicted octanol–water partition coefficient (Wildman–Crippen LogP) is 0.926. The number of nitriles is 2. The van der Waals surface area contributed by atoms with Gasteiger partial charge in [0, 0.05) is 5.92 Å². The first-order chi connectivity index (χ1) is 12.0. The Hall–Kier alpha value is -3.32. The number of ether oxygens (including phenoxy) is 1. The number of amides is 1. The number of hydrogen-bond donors (Lipinski definition) is 2. The van der Waals surface area contributed by atoms with Gasteiger partial charge < -0.3 is 15.4 Å². The maximum Gasteiger partial charge on any atom is 0.313 e. The van der Waals surface area contributed by atoms with Gasteiger partial charge in [0.1, 0.15) is 29.3 Å². The summed E-state index contributed by atoms with van der Waals surface area (Å²) in [6.45, 7) is 1.66. The fourth-order valence-electron chi connectivity index (χ4n) is 3.84. The van der Waals surface area contributed by atoms with Crippen molar-refractivity contribution in [1.29, 1.82) is 10.5 Å². The van der Waals surface area contributed by atoms with Gasteiger partial charge in [-0.2, -0.15) is 10.5 Å². The van der Waals surface area contributed by atoms with E-state index in [1.165, 1.54) is 7.11 Å². The van der Waals surface area contributed by atoms with Crippen molar-refractivity contribution in [3.63, 3.8) is 0 Å². The van der Waals surface area contributed by atoms with Gasteiger partial charge in [-0.25, -0.2) is 0 Å². The summed E-state index contributed by atoms with van der Waals surface area (Å²) in [4.78, 5) is 25.2. The molecule has 3 heterocycles. The third-order valence-electron chi connectivity index (χ3n) is 4.84. The molecule has 126 valence electrons. The van der Waals surface area contributed by atoms with Crippen LogP contribution in [-0.4, -0.2) is 24.6 Å². The number of methoxy groups -OCH3 is 1. The topological polar surface area (TPSA) is 115 Å². The molecule has 25 heavy (non-hydrogen) atoms. The molecule has 7 nitrogen and oxygen atoms in total. The normalized spacial score (nSPS) is 29.7. The third-order valence-corrected chi connectivity index (χ3v) is 4.84. The number of nitrogens with one attached hydrogen (secondary N) is 2. The Morgan fingerprint density at radius 2 is 1.84 bits per heavy atom. The van der Waals surface area contributed by atoms with Crippen LogP contribution in [0.4, 0.5) is 0 Å². The van der Waals surface area contributed by atoms with E-state index < -0.39 is 29.4 Å². The molecule has 3 aliphatic rings. The first kappa shape index (κ1) is 16.5. The largest absolute Gasteiger partial charge is 0.469 e. The van der Waals surface area contributed by atoms with Crippen LogP contribution in [-0.2, 0) is 14.3 Å². The number of carbonyl (C=O) groups is 2. The van der Waals surface area contributed by atoms with Gasteiger partial charge in [-0.05, 0) is 12.5 Å². The monoisotopic (exact) mass is 336 g/mol. The van der Waals surface area contributed by atoms with Crippen LogP contribution in [0.15, 0.2) is 41.6 Å². The van der Waals surface area contributed by atoms with E-state index in [-0.39, 0.29) is 17.2 Å². The van der Waals surface area contributed by atoms with Crippen LogP contribution in [0, 0.1) is 34.5 Å². The molecule has 0 saturated carbocycles. The van der Waals surface area contributed by atoms with Gasteiger partial charge in [-0.15, -0.1) is 0 Å². The molecule has 1 aromatic rings. The molecule has 0 unspecified atom stereocenters. The molecule has 3 saturated heterocycles. The average molecular weight is 336 g/mol. The second-order valence-electron chi connectivity index (χ2n) is 6.24.